The van der Waals surface area contributed by atoms with E-state index in [1.807, 2.05) is 42.5 Å². The van der Waals surface area contributed by atoms with E-state index in [2.05, 4.69) is 10.1 Å². The summed E-state index contributed by atoms with van der Waals surface area (Å²) in [6.07, 6.45) is -4.62. The average Bonchev–Trinajstić information content (AvgIpc) is 3.04. The van der Waals surface area contributed by atoms with Crippen molar-refractivity contribution in [3.05, 3.63) is 66.0 Å². The molecular weight excluding hydrogens is 325 g/mol. The topological polar surface area (TPSA) is 38.9 Å². The van der Waals surface area contributed by atoms with Crippen molar-refractivity contribution in [2.45, 2.75) is 16.8 Å². The summed E-state index contributed by atoms with van der Waals surface area (Å²) in [6.45, 7) is 0. The summed E-state index contributed by atoms with van der Waals surface area (Å²) in [7, 11) is 0. The SMILES string of the molecule is FC(F)(F)c1noc(-c2ccccc2SCc2ccccc2)n1. The summed E-state index contributed by atoms with van der Waals surface area (Å²) < 4.78 is 42.6. The molecule has 0 fully saturated rings. The molecule has 7 heteroatoms. The van der Waals surface area contributed by atoms with Gasteiger partial charge in [0.05, 0.1) is 5.56 Å². The standard InChI is InChI=1S/C16H11F3N2OS/c17-16(18,19)15-20-14(22-21-15)12-8-4-5-9-13(12)23-10-11-6-2-1-3-7-11/h1-9H,10H2. The molecule has 1 heterocycles. The summed E-state index contributed by atoms with van der Waals surface area (Å²) in [5.74, 6) is -0.707. The van der Waals surface area contributed by atoms with Crippen LogP contribution in [0.15, 0.2) is 64.0 Å². The number of thioether (sulfide) groups is 1. The molecule has 2 aromatic carbocycles. The Morgan fingerprint density at radius 2 is 1.65 bits per heavy atom. The van der Waals surface area contributed by atoms with Gasteiger partial charge in [-0.1, -0.05) is 47.6 Å². The number of nitrogens with zero attached hydrogens (tertiary/aromatic N) is 2. The van der Waals surface area contributed by atoms with Crippen LogP contribution in [0.1, 0.15) is 11.4 Å². The van der Waals surface area contributed by atoms with Gasteiger partial charge in [-0.2, -0.15) is 18.2 Å². The molecule has 3 rings (SSSR count). The van der Waals surface area contributed by atoms with Gasteiger partial charge in [0.15, 0.2) is 0 Å². The molecule has 0 unspecified atom stereocenters. The summed E-state index contributed by atoms with van der Waals surface area (Å²) in [6, 6.07) is 16.8. The van der Waals surface area contributed by atoms with Crippen LogP contribution >= 0.6 is 11.8 Å². The van der Waals surface area contributed by atoms with Crippen molar-refractivity contribution in [3.8, 4) is 11.5 Å². The molecule has 0 radical (unpaired) electrons. The molecule has 0 saturated carbocycles. The first kappa shape index (κ1) is 15.6. The Kier molecular flexibility index (Phi) is 4.38. The molecule has 0 spiro atoms. The summed E-state index contributed by atoms with van der Waals surface area (Å²) in [5, 5.41) is 3.00. The normalized spacial score (nSPS) is 11.6. The van der Waals surface area contributed by atoms with E-state index in [0.29, 0.717) is 11.3 Å². The number of hydrogen-bond donors (Lipinski definition) is 0. The summed E-state index contributed by atoms with van der Waals surface area (Å²) in [4.78, 5) is 4.24. The van der Waals surface area contributed by atoms with Gasteiger partial charge >= 0.3 is 6.18 Å². The molecule has 3 nitrogen and oxygen atoms in total. The molecule has 0 aliphatic carbocycles. The van der Waals surface area contributed by atoms with E-state index in [4.69, 9.17) is 4.52 Å². The first-order valence-corrected chi connectivity index (χ1v) is 7.69. The lowest BCUT2D eigenvalue weighted by Crippen LogP contribution is -2.07. The number of hydrogen-bond acceptors (Lipinski definition) is 4. The van der Waals surface area contributed by atoms with Crippen molar-refractivity contribution in [3.63, 3.8) is 0 Å². The maximum Gasteiger partial charge on any atom is 0.455 e. The van der Waals surface area contributed by atoms with Crippen molar-refractivity contribution in [1.29, 1.82) is 0 Å². The Morgan fingerprint density at radius 3 is 2.35 bits per heavy atom. The van der Waals surface area contributed by atoms with E-state index in [-0.39, 0.29) is 5.89 Å². The largest absolute Gasteiger partial charge is 0.455 e. The van der Waals surface area contributed by atoms with Gasteiger partial charge < -0.3 is 4.52 Å². The third-order valence-electron chi connectivity index (χ3n) is 3.03. The van der Waals surface area contributed by atoms with E-state index >= 15 is 0 Å². The van der Waals surface area contributed by atoms with Crippen LogP contribution in [-0.2, 0) is 11.9 Å². The van der Waals surface area contributed by atoms with E-state index in [1.165, 1.54) is 11.8 Å². The van der Waals surface area contributed by atoms with Crippen molar-refractivity contribution < 1.29 is 17.7 Å². The lowest BCUT2D eigenvalue weighted by molar-refractivity contribution is -0.146. The minimum absolute atomic E-state index is 0.131. The number of aromatic nitrogens is 2. The molecular formula is C16H11F3N2OS. The second kappa shape index (κ2) is 6.45. The lowest BCUT2D eigenvalue weighted by Gasteiger charge is -2.06. The Labute approximate surface area is 134 Å². The second-order valence-electron chi connectivity index (χ2n) is 4.69. The quantitative estimate of drug-likeness (QED) is 0.625. The van der Waals surface area contributed by atoms with Crippen LogP contribution in [0.4, 0.5) is 13.2 Å². The first-order valence-electron chi connectivity index (χ1n) is 6.71. The summed E-state index contributed by atoms with van der Waals surface area (Å²) in [5.41, 5.74) is 1.62. The molecule has 0 amide bonds. The van der Waals surface area contributed by atoms with Gasteiger partial charge in [-0.05, 0) is 17.7 Å². The molecule has 3 aromatic rings. The maximum absolute atomic E-state index is 12.6. The van der Waals surface area contributed by atoms with E-state index in [1.54, 1.807) is 12.1 Å². The molecule has 0 N–H and O–H groups in total. The van der Waals surface area contributed by atoms with Gasteiger partial charge in [-0.3, -0.25) is 0 Å². The van der Waals surface area contributed by atoms with Gasteiger partial charge in [0.25, 0.3) is 11.7 Å². The van der Waals surface area contributed by atoms with Crippen LogP contribution in [0.25, 0.3) is 11.5 Å². The number of halogens is 3. The lowest BCUT2D eigenvalue weighted by atomic mass is 10.2. The maximum atomic E-state index is 12.6. The van der Waals surface area contributed by atoms with Crippen LogP contribution in [0.3, 0.4) is 0 Å². The first-order chi connectivity index (χ1) is 11.0. The molecule has 118 valence electrons. The van der Waals surface area contributed by atoms with Gasteiger partial charge in [0.2, 0.25) is 0 Å². The number of benzene rings is 2. The van der Waals surface area contributed by atoms with Gasteiger partial charge in [-0.15, -0.1) is 11.8 Å². The average molecular weight is 336 g/mol. The molecule has 0 saturated heterocycles. The highest BCUT2D eigenvalue weighted by Crippen LogP contribution is 2.34. The Morgan fingerprint density at radius 1 is 0.957 bits per heavy atom. The third-order valence-corrected chi connectivity index (χ3v) is 4.18. The highest BCUT2D eigenvalue weighted by Gasteiger charge is 2.37. The molecule has 0 aliphatic heterocycles. The van der Waals surface area contributed by atoms with Crippen LogP contribution in [-0.4, -0.2) is 10.1 Å². The van der Waals surface area contributed by atoms with Crippen molar-refractivity contribution >= 4 is 11.8 Å². The highest BCUT2D eigenvalue weighted by molar-refractivity contribution is 7.98. The Balaban J connectivity index is 1.85. The van der Waals surface area contributed by atoms with Gasteiger partial charge in [0, 0.05) is 10.6 Å². The molecule has 0 aliphatic rings. The van der Waals surface area contributed by atoms with E-state index in [0.717, 1.165) is 10.5 Å². The fourth-order valence-corrected chi connectivity index (χ4v) is 2.95. The predicted molar refractivity (Wildman–Crippen MR) is 80.7 cm³/mol. The van der Waals surface area contributed by atoms with Crippen LogP contribution in [0, 0.1) is 0 Å². The third kappa shape index (κ3) is 3.73. The van der Waals surface area contributed by atoms with Crippen molar-refractivity contribution in [1.82, 2.24) is 10.1 Å². The van der Waals surface area contributed by atoms with Gasteiger partial charge in [-0.25, -0.2) is 0 Å². The highest BCUT2D eigenvalue weighted by atomic mass is 32.2. The second-order valence-corrected chi connectivity index (χ2v) is 5.71. The Bertz CT molecular complexity index is 787. The van der Waals surface area contributed by atoms with Crippen molar-refractivity contribution in [2.75, 3.05) is 0 Å². The van der Waals surface area contributed by atoms with Crippen LogP contribution in [0.2, 0.25) is 0 Å². The molecule has 0 bridgehead atoms. The van der Waals surface area contributed by atoms with Crippen LogP contribution < -0.4 is 0 Å². The fraction of sp³-hybridized carbons (Fsp3) is 0.125. The van der Waals surface area contributed by atoms with Gasteiger partial charge in [0.1, 0.15) is 0 Å². The zero-order valence-corrected chi connectivity index (χ0v) is 12.6. The zero-order chi connectivity index (χ0) is 16.3. The predicted octanol–water partition coefficient (Wildman–Crippen LogP) is 5.05. The van der Waals surface area contributed by atoms with E-state index in [9.17, 15) is 13.2 Å². The fourth-order valence-electron chi connectivity index (χ4n) is 1.95. The summed E-state index contributed by atoms with van der Waals surface area (Å²) >= 11 is 1.50. The number of alkyl halides is 3. The zero-order valence-electron chi connectivity index (χ0n) is 11.7. The minimum atomic E-state index is -4.62. The molecule has 0 atom stereocenters. The minimum Gasteiger partial charge on any atom is -0.334 e. The smallest absolute Gasteiger partial charge is 0.334 e. The Hall–Kier alpha value is -2.28. The monoisotopic (exact) mass is 336 g/mol. The molecule has 1 aromatic heterocycles. The van der Waals surface area contributed by atoms with Crippen LogP contribution in [0.5, 0.6) is 0 Å². The van der Waals surface area contributed by atoms with E-state index < -0.39 is 12.0 Å². The van der Waals surface area contributed by atoms with Crippen molar-refractivity contribution in [2.24, 2.45) is 0 Å². The molecule has 23 heavy (non-hydrogen) atoms. The number of rotatable bonds is 4.